The van der Waals surface area contributed by atoms with Crippen LogP contribution in [0.25, 0.3) is 22.3 Å². The minimum atomic E-state index is -0.752. The second kappa shape index (κ2) is 4.80. The lowest BCUT2D eigenvalue weighted by molar-refractivity contribution is 0.590. The molecule has 1 heterocycles. The summed E-state index contributed by atoms with van der Waals surface area (Å²) in [7, 11) is 0. The summed E-state index contributed by atoms with van der Waals surface area (Å²) in [4.78, 5) is 8.27. The van der Waals surface area contributed by atoms with Crippen LogP contribution in [0.2, 0.25) is 5.15 Å². The van der Waals surface area contributed by atoms with Crippen molar-refractivity contribution >= 4 is 22.5 Å². The molecule has 2 aromatic carbocycles. The predicted octanol–water partition coefficient (Wildman–Crippen LogP) is 4.54. The fraction of sp³-hybridized carbons (Fsp3) is 0.0667. The Morgan fingerprint density at radius 1 is 1.05 bits per heavy atom. The van der Waals surface area contributed by atoms with Gasteiger partial charge >= 0.3 is 0 Å². The van der Waals surface area contributed by atoms with Gasteiger partial charge in [-0.2, -0.15) is 0 Å². The van der Waals surface area contributed by atoms with E-state index in [1.54, 1.807) is 0 Å². The summed E-state index contributed by atoms with van der Waals surface area (Å²) < 4.78 is 27.0. The monoisotopic (exact) mass is 290 g/mol. The zero-order valence-corrected chi connectivity index (χ0v) is 11.2. The van der Waals surface area contributed by atoms with Crippen molar-refractivity contribution < 1.29 is 8.78 Å². The lowest BCUT2D eigenvalue weighted by atomic mass is 10.1. The zero-order valence-electron chi connectivity index (χ0n) is 10.5. The van der Waals surface area contributed by atoms with E-state index in [1.165, 1.54) is 0 Å². The molecule has 0 unspecified atom stereocenters. The third kappa shape index (κ3) is 2.23. The van der Waals surface area contributed by atoms with Crippen molar-refractivity contribution in [2.24, 2.45) is 0 Å². The maximum absolute atomic E-state index is 13.8. The van der Waals surface area contributed by atoms with Gasteiger partial charge in [0.25, 0.3) is 0 Å². The Kier molecular flexibility index (Phi) is 3.10. The van der Waals surface area contributed by atoms with E-state index in [4.69, 9.17) is 11.6 Å². The highest BCUT2D eigenvalue weighted by Gasteiger charge is 2.13. The average Bonchev–Trinajstić information content (AvgIpc) is 2.39. The molecule has 0 N–H and O–H groups in total. The molecule has 0 saturated carbocycles. The molecular formula is C15H9ClF2N2. The fourth-order valence-electron chi connectivity index (χ4n) is 2.03. The Bertz CT molecular complexity index is 818. The summed E-state index contributed by atoms with van der Waals surface area (Å²) >= 11 is 6.01. The van der Waals surface area contributed by atoms with Crippen LogP contribution in [-0.2, 0) is 0 Å². The number of rotatable bonds is 1. The topological polar surface area (TPSA) is 25.8 Å². The predicted molar refractivity (Wildman–Crippen MR) is 74.6 cm³/mol. The van der Waals surface area contributed by atoms with Crippen molar-refractivity contribution in [2.45, 2.75) is 6.92 Å². The number of aromatic nitrogens is 2. The van der Waals surface area contributed by atoms with Gasteiger partial charge in [-0.25, -0.2) is 18.7 Å². The van der Waals surface area contributed by atoms with E-state index in [2.05, 4.69) is 9.97 Å². The second-order valence-electron chi connectivity index (χ2n) is 4.49. The van der Waals surface area contributed by atoms with E-state index in [-0.39, 0.29) is 16.1 Å². The van der Waals surface area contributed by atoms with Crippen molar-refractivity contribution in [3.63, 3.8) is 0 Å². The fourth-order valence-corrected chi connectivity index (χ4v) is 2.26. The van der Waals surface area contributed by atoms with Crippen LogP contribution in [0, 0.1) is 18.6 Å². The van der Waals surface area contributed by atoms with Crippen molar-refractivity contribution in [1.82, 2.24) is 9.97 Å². The maximum atomic E-state index is 13.8. The highest BCUT2D eigenvalue weighted by molar-refractivity contribution is 6.34. The van der Waals surface area contributed by atoms with Crippen LogP contribution in [0.5, 0.6) is 0 Å². The number of halogens is 3. The molecule has 2 nitrogen and oxygen atoms in total. The number of fused-ring (bicyclic) bond motifs is 1. The molecule has 0 aliphatic rings. The lowest BCUT2D eigenvalue weighted by Gasteiger charge is -2.06. The van der Waals surface area contributed by atoms with Crippen molar-refractivity contribution in [1.29, 1.82) is 0 Å². The van der Waals surface area contributed by atoms with Crippen molar-refractivity contribution in [3.8, 4) is 11.4 Å². The van der Waals surface area contributed by atoms with Gasteiger partial charge in [0.2, 0.25) is 0 Å². The van der Waals surface area contributed by atoms with Crippen LogP contribution >= 0.6 is 11.6 Å². The Hall–Kier alpha value is -2.07. The third-order valence-corrected chi connectivity index (χ3v) is 3.24. The minimum Gasteiger partial charge on any atom is -0.225 e. The van der Waals surface area contributed by atoms with E-state index in [0.717, 1.165) is 23.3 Å². The molecule has 0 amide bonds. The lowest BCUT2D eigenvalue weighted by Crippen LogP contribution is -1.95. The summed E-state index contributed by atoms with van der Waals surface area (Å²) in [5.74, 6) is -1.14. The second-order valence-corrected chi connectivity index (χ2v) is 4.85. The molecule has 0 aliphatic carbocycles. The number of nitrogens with zero attached hydrogens (tertiary/aromatic N) is 2. The molecule has 0 fully saturated rings. The molecular weight excluding hydrogens is 282 g/mol. The van der Waals surface area contributed by atoms with E-state index < -0.39 is 11.6 Å². The highest BCUT2D eigenvalue weighted by atomic mass is 35.5. The normalized spacial score (nSPS) is 11.0. The Morgan fingerprint density at radius 2 is 1.85 bits per heavy atom. The van der Waals surface area contributed by atoms with Gasteiger partial charge in [-0.3, -0.25) is 0 Å². The van der Waals surface area contributed by atoms with E-state index in [0.29, 0.717) is 5.82 Å². The molecule has 5 heteroatoms. The molecule has 0 spiro atoms. The maximum Gasteiger partial charge on any atom is 0.161 e. The van der Waals surface area contributed by atoms with Gasteiger partial charge in [0, 0.05) is 17.0 Å². The molecule has 0 saturated heterocycles. The molecule has 0 aliphatic heterocycles. The van der Waals surface area contributed by atoms with Gasteiger partial charge in [-0.15, -0.1) is 0 Å². The highest BCUT2D eigenvalue weighted by Crippen LogP contribution is 2.27. The SMILES string of the molecule is Cc1cccc(-c2nc(Cl)c3cc(F)cc(F)c3n2)c1. The smallest absolute Gasteiger partial charge is 0.161 e. The van der Waals surface area contributed by atoms with Crippen LogP contribution in [-0.4, -0.2) is 9.97 Å². The standard InChI is InChI=1S/C15H9ClF2N2/c1-8-3-2-4-9(5-8)15-19-13-11(14(16)20-15)6-10(17)7-12(13)18/h2-7H,1H3. The zero-order chi connectivity index (χ0) is 14.3. The van der Waals surface area contributed by atoms with Crippen LogP contribution in [0.1, 0.15) is 5.56 Å². The summed E-state index contributed by atoms with van der Waals surface area (Å²) in [5, 5.41) is 0.200. The first-order valence-corrected chi connectivity index (χ1v) is 6.32. The van der Waals surface area contributed by atoms with Crippen LogP contribution < -0.4 is 0 Å². The number of aryl methyl sites for hydroxylation is 1. The average molecular weight is 291 g/mol. The van der Waals surface area contributed by atoms with Gasteiger partial charge in [-0.05, 0) is 19.1 Å². The number of benzene rings is 2. The van der Waals surface area contributed by atoms with Crippen molar-refractivity contribution in [3.05, 3.63) is 58.7 Å². The first-order chi connectivity index (χ1) is 9.54. The Labute approximate surface area is 119 Å². The van der Waals surface area contributed by atoms with E-state index >= 15 is 0 Å². The molecule has 100 valence electrons. The summed E-state index contributed by atoms with van der Waals surface area (Å²) in [6.45, 7) is 1.93. The molecule has 1 aromatic heterocycles. The van der Waals surface area contributed by atoms with Gasteiger partial charge in [0.1, 0.15) is 16.5 Å². The molecule has 3 aromatic rings. The van der Waals surface area contributed by atoms with E-state index in [1.807, 2.05) is 31.2 Å². The van der Waals surface area contributed by atoms with Gasteiger partial charge in [-0.1, -0.05) is 35.4 Å². The summed E-state index contributed by atoms with van der Waals surface area (Å²) in [6, 6.07) is 9.38. The molecule has 0 radical (unpaired) electrons. The summed E-state index contributed by atoms with van der Waals surface area (Å²) in [5.41, 5.74) is 1.78. The van der Waals surface area contributed by atoms with E-state index in [9.17, 15) is 8.78 Å². The quantitative estimate of drug-likeness (QED) is 0.615. The van der Waals surface area contributed by atoms with Crippen molar-refractivity contribution in [2.75, 3.05) is 0 Å². The molecule has 20 heavy (non-hydrogen) atoms. The molecule has 0 atom stereocenters. The first-order valence-electron chi connectivity index (χ1n) is 5.94. The molecule has 3 rings (SSSR count). The third-order valence-electron chi connectivity index (χ3n) is 2.95. The summed E-state index contributed by atoms with van der Waals surface area (Å²) in [6.07, 6.45) is 0. The number of hydrogen-bond acceptors (Lipinski definition) is 2. The Morgan fingerprint density at radius 3 is 2.60 bits per heavy atom. The van der Waals surface area contributed by atoms with Gasteiger partial charge in [0.05, 0.1) is 0 Å². The van der Waals surface area contributed by atoms with Crippen LogP contribution in [0.4, 0.5) is 8.78 Å². The van der Waals surface area contributed by atoms with Crippen LogP contribution in [0.15, 0.2) is 36.4 Å². The Balaban J connectivity index is 2.29. The molecule has 0 bridgehead atoms. The minimum absolute atomic E-state index is 0.0166. The van der Waals surface area contributed by atoms with Crippen LogP contribution in [0.3, 0.4) is 0 Å². The largest absolute Gasteiger partial charge is 0.225 e. The number of hydrogen-bond donors (Lipinski definition) is 0. The first kappa shape index (κ1) is 12.9. The van der Waals surface area contributed by atoms with Gasteiger partial charge < -0.3 is 0 Å². The van der Waals surface area contributed by atoms with Gasteiger partial charge in [0.15, 0.2) is 11.6 Å².